The molecule has 0 saturated carbocycles. The van der Waals surface area contributed by atoms with E-state index in [0.29, 0.717) is 6.42 Å². The Balaban J connectivity index is 1.69. The molecular weight excluding hydrogens is 320 g/mol. The van der Waals surface area contributed by atoms with E-state index in [-0.39, 0.29) is 35.6 Å². The first-order valence-electron chi connectivity index (χ1n) is 8.23. The van der Waals surface area contributed by atoms with Gasteiger partial charge in [-0.2, -0.15) is 0 Å². The third-order valence-corrected chi connectivity index (χ3v) is 5.04. The summed E-state index contributed by atoms with van der Waals surface area (Å²) in [7, 11) is 0. The largest absolute Gasteiger partial charge is 0.339 e. The van der Waals surface area contributed by atoms with Crippen LogP contribution >= 0.6 is 0 Å². The maximum absolute atomic E-state index is 12.1. The number of nitro groups is 1. The molecule has 2 aliphatic rings. The highest BCUT2D eigenvalue weighted by atomic mass is 16.6. The molecule has 0 aromatic heterocycles. The van der Waals surface area contributed by atoms with Crippen molar-refractivity contribution in [1.82, 2.24) is 16.2 Å². The number of hydrazine groups is 1. The summed E-state index contributed by atoms with van der Waals surface area (Å²) >= 11 is 0. The predicted molar refractivity (Wildman–Crippen MR) is 91.3 cm³/mol. The van der Waals surface area contributed by atoms with E-state index in [1.165, 1.54) is 12.1 Å². The van der Waals surface area contributed by atoms with Crippen molar-refractivity contribution in [2.24, 2.45) is 5.92 Å². The fourth-order valence-corrected chi connectivity index (χ4v) is 3.88. The minimum Gasteiger partial charge on any atom is -0.339 e. The zero-order chi connectivity index (χ0) is 17.4. The second kappa shape index (κ2) is 6.27. The first kappa shape index (κ1) is 15.7. The maximum Gasteiger partial charge on any atom is 0.269 e. The van der Waals surface area contributed by atoms with E-state index in [1.807, 2.05) is 18.2 Å². The third kappa shape index (κ3) is 2.88. The summed E-state index contributed by atoms with van der Waals surface area (Å²) in [5.74, 6) is 0.0708. The number of nitrogens with one attached hydrogen (secondary N) is 3. The number of nitro benzene ring substituents is 1. The molecular formula is C18H18N4O3. The van der Waals surface area contributed by atoms with Gasteiger partial charge >= 0.3 is 0 Å². The number of carbonyl (C=O) groups excluding carboxylic acids is 1. The molecule has 1 amide bonds. The van der Waals surface area contributed by atoms with Crippen LogP contribution in [0.3, 0.4) is 0 Å². The summed E-state index contributed by atoms with van der Waals surface area (Å²) in [5, 5.41) is 13.9. The summed E-state index contributed by atoms with van der Waals surface area (Å²) in [5.41, 5.74) is 8.62. The van der Waals surface area contributed by atoms with Gasteiger partial charge in [-0.05, 0) is 11.1 Å². The summed E-state index contributed by atoms with van der Waals surface area (Å²) in [4.78, 5) is 22.6. The first-order chi connectivity index (χ1) is 12.1. The van der Waals surface area contributed by atoms with Gasteiger partial charge < -0.3 is 5.32 Å². The molecule has 7 nitrogen and oxygen atoms in total. The fourth-order valence-electron chi connectivity index (χ4n) is 3.88. The molecule has 3 N–H and O–H groups in total. The van der Waals surface area contributed by atoms with Gasteiger partial charge in [-0.1, -0.05) is 42.5 Å². The Hall–Kier alpha value is -2.77. The molecule has 128 valence electrons. The van der Waals surface area contributed by atoms with Crippen molar-refractivity contribution >= 4 is 11.6 Å². The molecule has 0 radical (unpaired) electrons. The van der Waals surface area contributed by atoms with E-state index in [0.717, 1.165) is 11.1 Å². The van der Waals surface area contributed by atoms with Crippen LogP contribution in [0.15, 0.2) is 54.6 Å². The average Bonchev–Trinajstić information content (AvgIpc) is 3.05. The van der Waals surface area contributed by atoms with Crippen LogP contribution in [-0.2, 0) is 4.79 Å². The van der Waals surface area contributed by atoms with Crippen molar-refractivity contribution in [1.29, 1.82) is 0 Å². The number of non-ortho nitro benzene ring substituents is 1. The zero-order valence-corrected chi connectivity index (χ0v) is 13.4. The summed E-state index contributed by atoms with van der Waals surface area (Å²) in [6.07, 6.45) is 0.192. The number of hydrogen-bond donors (Lipinski definition) is 3. The lowest BCUT2D eigenvalue weighted by atomic mass is 9.74. The molecule has 2 aromatic carbocycles. The van der Waals surface area contributed by atoms with Crippen molar-refractivity contribution < 1.29 is 9.72 Å². The second-order valence-corrected chi connectivity index (χ2v) is 6.46. The average molecular weight is 338 g/mol. The van der Waals surface area contributed by atoms with Gasteiger partial charge in [0.1, 0.15) is 0 Å². The van der Waals surface area contributed by atoms with Crippen molar-refractivity contribution in [2.45, 2.75) is 24.5 Å². The second-order valence-electron chi connectivity index (χ2n) is 6.46. The van der Waals surface area contributed by atoms with E-state index in [1.54, 1.807) is 12.1 Å². The number of hydrogen-bond acceptors (Lipinski definition) is 5. The van der Waals surface area contributed by atoms with Crippen LogP contribution in [0.2, 0.25) is 0 Å². The molecule has 4 rings (SSSR count). The minimum absolute atomic E-state index is 0.0207. The Morgan fingerprint density at radius 3 is 2.36 bits per heavy atom. The Bertz CT molecular complexity index is 794. The van der Waals surface area contributed by atoms with E-state index >= 15 is 0 Å². The Labute approximate surface area is 144 Å². The summed E-state index contributed by atoms with van der Waals surface area (Å²) in [6, 6.07) is 16.7. The zero-order valence-electron chi connectivity index (χ0n) is 13.4. The molecule has 2 saturated heterocycles. The van der Waals surface area contributed by atoms with Gasteiger partial charge in [0.15, 0.2) is 0 Å². The van der Waals surface area contributed by atoms with Crippen LogP contribution in [-0.4, -0.2) is 17.0 Å². The van der Waals surface area contributed by atoms with Gasteiger partial charge in [0.2, 0.25) is 5.91 Å². The van der Waals surface area contributed by atoms with E-state index in [4.69, 9.17) is 0 Å². The Kier molecular flexibility index (Phi) is 3.95. The molecule has 2 aliphatic heterocycles. The molecule has 2 heterocycles. The molecule has 2 aromatic rings. The topological polar surface area (TPSA) is 96.3 Å². The van der Waals surface area contributed by atoms with Gasteiger partial charge in [0.25, 0.3) is 5.69 Å². The van der Waals surface area contributed by atoms with Crippen LogP contribution < -0.4 is 16.2 Å². The number of amides is 1. The molecule has 4 unspecified atom stereocenters. The van der Waals surface area contributed by atoms with Gasteiger partial charge in [-0.3, -0.25) is 14.9 Å². The van der Waals surface area contributed by atoms with Crippen molar-refractivity contribution in [3.05, 3.63) is 75.8 Å². The smallest absolute Gasteiger partial charge is 0.269 e. The number of carbonyl (C=O) groups is 1. The van der Waals surface area contributed by atoms with Crippen LogP contribution in [0.5, 0.6) is 0 Å². The highest BCUT2D eigenvalue weighted by Crippen LogP contribution is 2.43. The van der Waals surface area contributed by atoms with Gasteiger partial charge in [0.05, 0.1) is 17.1 Å². The summed E-state index contributed by atoms with van der Waals surface area (Å²) < 4.78 is 0. The summed E-state index contributed by atoms with van der Waals surface area (Å²) in [6.45, 7) is 0. The van der Waals surface area contributed by atoms with E-state index in [2.05, 4.69) is 28.3 Å². The standard InChI is InChI=1S/C18H18N4O3/c23-15-10-14(11-6-8-13(9-7-11)22(24)25)16-17(20-21-18(16)19-15)12-4-2-1-3-5-12/h1-9,14,16-18,20-21H,10H2,(H,19,23). The number of piperidine rings is 1. The van der Waals surface area contributed by atoms with Crippen molar-refractivity contribution in [3.8, 4) is 0 Å². The van der Waals surface area contributed by atoms with E-state index < -0.39 is 4.92 Å². The van der Waals surface area contributed by atoms with Crippen LogP contribution in [0.1, 0.15) is 29.5 Å². The first-order valence-corrected chi connectivity index (χ1v) is 8.23. The van der Waals surface area contributed by atoms with Gasteiger partial charge in [0, 0.05) is 30.4 Å². The SMILES string of the molecule is O=C1CC(c2ccc([N+](=O)[O-])cc2)C2C(NNC2c2ccccc2)N1. The number of rotatable bonds is 3. The third-order valence-electron chi connectivity index (χ3n) is 5.04. The molecule has 0 bridgehead atoms. The Morgan fingerprint density at radius 1 is 0.960 bits per heavy atom. The molecule has 0 spiro atoms. The number of nitrogens with zero attached hydrogens (tertiary/aromatic N) is 1. The lowest BCUT2D eigenvalue weighted by Crippen LogP contribution is -2.52. The highest BCUT2D eigenvalue weighted by Gasteiger charge is 2.46. The fraction of sp³-hybridized carbons (Fsp3) is 0.278. The minimum atomic E-state index is -0.411. The van der Waals surface area contributed by atoms with E-state index in [9.17, 15) is 14.9 Å². The Morgan fingerprint density at radius 2 is 1.68 bits per heavy atom. The monoisotopic (exact) mass is 338 g/mol. The molecule has 7 heteroatoms. The normalized spacial score (nSPS) is 28.2. The molecule has 4 atom stereocenters. The predicted octanol–water partition coefficient (Wildman–Crippen LogP) is 1.99. The quantitative estimate of drug-likeness (QED) is 0.587. The van der Waals surface area contributed by atoms with Crippen LogP contribution in [0.25, 0.3) is 0 Å². The molecule has 2 fully saturated rings. The van der Waals surface area contributed by atoms with Crippen molar-refractivity contribution in [2.75, 3.05) is 0 Å². The van der Waals surface area contributed by atoms with Crippen LogP contribution in [0.4, 0.5) is 5.69 Å². The molecule has 25 heavy (non-hydrogen) atoms. The number of benzene rings is 2. The van der Waals surface area contributed by atoms with Crippen LogP contribution in [0, 0.1) is 16.0 Å². The maximum atomic E-state index is 12.1. The molecule has 0 aliphatic carbocycles. The lowest BCUT2D eigenvalue weighted by molar-refractivity contribution is -0.384. The van der Waals surface area contributed by atoms with Gasteiger partial charge in [-0.25, -0.2) is 10.9 Å². The highest BCUT2D eigenvalue weighted by molar-refractivity contribution is 5.78. The van der Waals surface area contributed by atoms with Crippen molar-refractivity contribution in [3.63, 3.8) is 0 Å². The van der Waals surface area contributed by atoms with Gasteiger partial charge in [-0.15, -0.1) is 0 Å². The lowest BCUT2D eigenvalue weighted by Gasteiger charge is -2.36. The number of fused-ring (bicyclic) bond motifs is 1.